The number of hydrogen-bond acceptors (Lipinski definition) is 5. The van der Waals surface area contributed by atoms with Gasteiger partial charge in [0.25, 0.3) is 0 Å². The first-order valence-electron chi connectivity index (χ1n) is 8.14. The zero-order valence-corrected chi connectivity index (χ0v) is 14.2. The lowest BCUT2D eigenvalue weighted by molar-refractivity contribution is 0.152. The van der Waals surface area contributed by atoms with E-state index in [1.165, 1.54) is 0 Å². The molecule has 2 fully saturated rings. The molecular formula is C15H25N3O3S. The number of piperidine rings is 1. The molecule has 0 amide bonds. The second kappa shape index (κ2) is 6.29. The third-order valence-corrected chi connectivity index (χ3v) is 7.27. The van der Waals surface area contributed by atoms with Gasteiger partial charge in [-0.15, -0.1) is 0 Å². The van der Waals surface area contributed by atoms with Crippen molar-refractivity contribution in [2.24, 2.45) is 0 Å². The van der Waals surface area contributed by atoms with E-state index >= 15 is 0 Å². The van der Waals surface area contributed by atoms with E-state index in [2.05, 4.69) is 16.8 Å². The van der Waals surface area contributed by atoms with Crippen molar-refractivity contribution >= 4 is 10.0 Å². The van der Waals surface area contributed by atoms with Gasteiger partial charge in [-0.05, 0) is 39.5 Å². The summed E-state index contributed by atoms with van der Waals surface area (Å²) in [6.45, 7) is 6.92. The van der Waals surface area contributed by atoms with Crippen molar-refractivity contribution in [2.45, 2.75) is 50.8 Å². The molecule has 3 rings (SSSR count). The average Bonchev–Trinajstić information content (AvgIpc) is 3.18. The van der Waals surface area contributed by atoms with Crippen LogP contribution in [0.25, 0.3) is 0 Å². The quantitative estimate of drug-likeness (QED) is 0.845. The number of likely N-dealkylation sites (tertiary alicyclic amines) is 1. The van der Waals surface area contributed by atoms with Crippen molar-refractivity contribution in [1.82, 2.24) is 14.2 Å². The molecule has 2 saturated heterocycles. The van der Waals surface area contributed by atoms with E-state index in [0.717, 1.165) is 37.6 Å². The van der Waals surface area contributed by atoms with E-state index in [9.17, 15) is 8.42 Å². The summed E-state index contributed by atoms with van der Waals surface area (Å²) in [7, 11) is -3.10. The molecule has 2 aliphatic heterocycles. The van der Waals surface area contributed by atoms with Gasteiger partial charge >= 0.3 is 0 Å². The molecule has 2 aliphatic rings. The molecule has 3 heterocycles. The molecule has 0 N–H and O–H groups in total. The SMILES string of the molecule is Cc1cnc(C(C)N2CCC(S(=O)(=O)N3CCCC3)CC2)o1. The zero-order valence-electron chi connectivity index (χ0n) is 13.4. The molecule has 0 radical (unpaired) electrons. The fraction of sp³-hybridized carbons (Fsp3) is 0.800. The summed E-state index contributed by atoms with van der Waals surface area (Å²) in [5, 5.41) is -0.222. The first-order valence-corrected chi connectivity index (χ1v) is 9.64. The van der Waals surface area contributed by atoms with Crippen LogP contribution in [0.3, 0.4) is 0 Å². The molecule has 0 spiro atoms. The van der Waals surface area contributed by atoms with Gasteiger partial charge in [-0.1, -0.05) is 0 Å². The van der Waals surface area contributed by atoms with Gasteiger partial charge in [-0.3, -0.25) is 4.90 Å². The summed E-state index contributed by atoms with van der Waals surface area (Å²) < 4.78 is 32.5. The normalized spacial score (nSPS) is 23.9. The Balaban J connectivity index is 1.60. The molecule has 22 heavy (non-hydrogen) atoms. The Morgan fingerprint density at radius 3 is 2.41 bits per heavy atom. The third-order valence-electron chi connectivity index (χ3n) is 4.87. The molecule has 1 aromatic rings. The predicted molar refractivity (Wildman–Crippen MR) is 84.0 cm³/mol. The molecule has 7 heteroatoms. The smallest absolute Gasteiger partial charge is 0.217 e. The van der Waals surface area contributed by atoms with Crippen molar-refractivity contribution in [3.63, 3.8) is 0 Å². The van der Waals surface area contributed by atoms with Crippen molar-refractivity contribution in [3.05, 3.63) is 17.8 Å². The second-order valence-corrected chi connectivity index (χ2v) is 8.58. The third kappa shape index (κ3) is 3.07. The average molecular weight is 327 g/mol. The highest BCUT2D eigenvalue weighted by Crippen LogP contribution is 2.28. The fourth-order valence-corrected chi connectivity index (χ4v) is 5.43. The minimum Gasteiger partial charge on any atom is -0.444 e. The van der Waals surface area contributed by atoms with Gasteiger partial charge in [0.2, 0.25) is 15.9 Å². The van der Waals surface area contributed by atoms with E-state index in [1.807, 2.05) is 6.92 Å². The molecule has 1 atom stereocenters. The van der Waals surface area contributed by atoms with Crippen LogP contribution in [0.15, 0.2) is 10.6 Å². The lowest BCUT2D eigenvalue weighted by Gasteiger charge is -2.35. The lowest BCUT2D eigenvalue weighted by atomic mass is 10.1. The van der Waals surface area contributed by atoms with Crippen LogP contribution in [0, 0.1) is 6.92 Å². The second-order valence-electron chi connectivity index (χ2n) is 6.37. The van der Waals surface area contributed by atoms with E-state index in [1.54, 1.807) is 10.5 Å². The maximum absolute atomic E-state index is 12.6. The highest BCUT2D eigenvalue weighted by molar-refractivity contribution is 7.89. The van der Waals surface area contributed by atoms with Crippen LogP contribution in [0.4, 0.5) is 0 Å². The molecule has 1 unspecified atom stereocenters. The van der Waals surface area contributed by atoms with Crippen LogP contribution in [-0.2, 0) is 10.0 Å². The summed E-state index contributed by atoms with van der Waals surface area (Å²) in [6.07, 6.45) is 5.12. The van der Waals surface area contributed by atoms with Gasteiger partial charge in [0.1, 0.15) is 5.76 Å². The van der Waals surface area contributed by atoms with E-state index in [0.29, 0.717) is 25.9 Å². The Labute approximate surface area is 132 Å². The van der Waals surface area contributed by atoms with Crippen LogP contribution < -0.4 is 0 Å². The number of oxazole rings is 1. The summed E-state index contributed by atoms with van der Waals surface area (Å²) >= 11 is 0. The molecule has 6 nitrogen and oxygen atoms in total. The Morgan fingerprint density at radius 1 is 1.23 bits per heavy atom. The summed E-state index contributed by atoms with van der Waals surface area (Å²) in [5.41, 5.74) is 0. The Kier molecular flexibility index (Phi) is 4.56. The monoisotopic (exact) mass is 327 g/mol. The standard InChI is InChI=1S/C15H25N3O3S/c1-12-11-16-15(21-12)13(2)17-9-5-14(6-10-17)22(19,20)18-7-3-4-8-18/h11,13-14H,3-10H2,1-2H3. The van der Waals surface area contributed by atoms with Crippen LogP contribution >= 0.6 is 0 Å². The maximum Gasteiger partial charge on any atom is 0.217 e. The lowest BCUT2D eigenvalue weighted by Crippen LogP contribution is -2.45. The molecule has 0 saturated carbocycles. The number of rotatable bonds is 4. The molecule has 0 aliphatic carbocycles. The number of aryl methyl sites for hydroxylation is 1. The van der Waals surface area contributed by atoms with Crippen molar-refractivity contribution in [2.75, 3.05) is 26.2 Å². The van der Waals surface area contributed by atoms with Gasteiger partial charge in [0, 0.05) is 26.2 Å². The Bertz CT molecular complexity index is 599. The van der Waals surface area contributed by atoms with Gasteiger partial charge in [0.05, 0.1) is 17.5 Å². The van der Waals surface area contributed by atoms with Gasteiger partial charge in [-0.25, -0.2) is 17.7 Å². The van der Waals surface area contributed by atoms with E-state index in [4.69, 9.17) is 4.42 Å². The predicted octanol–water partition coefficient (Wildman–Crippen LogP) is 1.93. The number of nitrogens with zero attached hydrogens (tertiary/aromatic N) is 3. The summed E-state index contributed by atoms with van der Waals surface area (Å²) in [4.78, 5) is 6.55. The summed E-state index contributed by atoms with van der Waals surface area (Å²) in [5.74, 6) is 1.53. The van der Waals surface area contributed by atoms with Crippen molar-refractivity contribution < 1.29 is 12.8 Å². The maximum atomic E-state index is 12.6. The zero-order chi connectivity index (χ0) is 15.7. The number of aromatic nitrogens is 1. The van der Waals surface area contributed by atoms with Crippen molar-refractivity contribution in [1.29, 1.82) is 0 Å². The molecule has 1 aromatic heterocycles. The first kappa shape index (κ1) is 16.0. The van der Waals surface area contributed by atoms with Crippen LogP contribution in [-0.4, -0.2) is 54.0 Å². The number of sulfonamides is 1. The minimum absolute atomic E-state index is 0.101. The fourth-order valence-electron chi connectivity index (χ4n) is 3.44. The number of hydrogen-bond donors (Lipinski definition) is 0. The van der Waals surface area contributed by atoms with Crippen LogP contribution in [0.2, 0.25) is 0 Å². The van der Waals surface area contributed by atoms with Crippen molar-refractivity contribution in [3.8, 4) is 0 Å². The minimum atomic E-state index is -3.10. The Morgan fingerprint density at radius 2 is 1.86 bits per heavy atom. The van der Waals surface area contributed by atoms with Gasteiger partial charge in [-0.2, -0.15) is 0 Å². The topological polar surface area (TPSA) is 66.7 Å². The molecule has 0 aromatic carbocycles. The molecular weight excluding hydrogens is 302 g/mol. The van der Waals surface area contributed by atoms with Gasteiger partial charge in [0.15, 0.2) is 0 Å². The first-order chi connectivity index (χ1) is 10.5. The van der Waals surface area contributed by atoms with Crippen LogP contribution in [0.5, 0.6) is 0 Å². The molecule has 124 valence electrons. The molecule has 0 bridgehead atoms. The van der Waals surface area contributed by atoms with Crippen LogP contribution in [0.1, 0.15) is 50.3 Å². The van der Waals surface area contributed by atoms with E-state index in [-0.39, 0.29) is 11.3 Å². The highest BCUT2D eigenvalue weighted by atomic mass is 32.2. The Hall–Kier alpha value is -0.920. The van der Waals surface area contributed by atoms with E-state index < -0.39 is 10.0 Å². The highest BCUT2D eigenvalue weighted by Gasteiger charge is 2.37. The summed E-state index contributed by atoms with van der Waals surface area (Å²) in [6, 6.07) is 0.101. The van der Waals surface area contributed by atoms with Gasteiger partial charge < -0.3 is 4.42 Å². The largest absolute Gasteiger partial charge is 0.444 e.